The first-order valence-corrected chi connectivity index (χ1v) is 14.6. The summed E-state index contributed by atoms with van der Waals surface area (Å²) in [5, 5.41) is 3.10. The average Bonchev–Trinajstić information content (AvgIpc) is 3.88. The second-order valence-electron chi connectivity index (χ2n) is 10.6. The van der Waals surface area contributed by atoms with Crippen LogP contribution in [0.2, 0.25) is 0 Å². The molecule has 1 aliphatic heterocycles. The minimum Gasteiger partial charge on any atom is -0.496 e. The maximum Gasteiger partial charge on any atom is 0.316 e. The summed E-state index contributed by atoms with van der Waals surface area (Å²) in [6.45, 7) is 4.26. The zero-order chi connectivity index (χ0) is 30.2. The number of piperazine rings is 1. The van der Waals surface area contributed by atoms with Crippen LogP contribution in [0.1, 0.15) is 36.0 Å². The number of ether oxygens (including phenoxy) is 4. The second kappa shape index (κ2) is 14.3. The fraction of sp³-hybridized carbons (Fsp3) is 0.438. The molecule has 1 saturated carbocycles. The number of carbonyl (C=O) groups is 2. The molecular weight excluding hydrogens is 550 g/mol. The minimum absolute atomic E-state index is 0.0984. The van der Waals surface area contributed by atoms with Crippen LogP contribution in [0.15, 0.2) is 54.9 Å². The molecule has 5 rings (SSSR count). The van der Waals surface area contributed by atoms with Crippen LogP contribution < -0.4 is 24.4 Å². The van der Waals surface area contributed by atoms with Gasteiger partial charge >= 0.3 is 6.01 Å². The van der Waals surface area contributed by atoms with Gasteiger partial charge in [-0.05, 0) is 43.0 Å². The standard InChI is InChI=1S/C32H39N5O6/c1-22-23(9-6-11-28(22)40-2)20-36(25-12-13-25)31(39)27-18-33-19-30(38)37(27)26-16-34-32(35-17-26)43-15-7-14-42-21-24-8-4-5-10-29(24)41-3/h4-6,8-11,16-17,25,27,33H,7,12-15,18-21H2,1-3H3/t27-/m1/s1. The van der Waals surface area contributed by atoms with Gasteiger partial charge in [0, 0.05) is 31.1 Å². The number of nitrogens with zero attached hydrogens (tertiary/aromatic N) is 4. The predicted octanol–water partition coefficient (Wildman–Crippen LogP) is 3.28. The quantitative estimate of drug-likeness (QED) is 0.283. The first kappa shape index (κ1) is 30.2. The van der Waals surface area contributed by atoms with Gasteiger partial charge in [-0.1, -0.05) is 30.3 Å². The topological polar surface area (TPSA) is 115 Å². The van der Waals surface area contributed by atoms with E-state index in [0.29, 0.717) is 45.0 Å². The van der Waals surface area contributed by atoms with E-state index in [1.54, 1.807) is 14.2 Å². The average molecular weight is 590 g/mol. The Morgan fingerprint density at radius 3 is 2.47 bits per heavy atom. The SMILES string of the molecule is COc1ccccc1COCCCOc1ncc(N2C(=O)CNC[C@@H]2C(=O)N(Cc2cccc(OC)c2C)C2CC2)cn1. The van der Waals surface area contributed by atoms with Gasteiger partial charge in [0.1, 0.15) is 17.5 Å². The third-order valence-electron chi connectivity index (χ3n) is 7.71. The summed E-state index contributed by atoms with van der Waals surface area (Å²) in [6, 6.07) is 13.3. The first-order valence-electron chi connectivity index (χ1n) is 14.6. The van der Waals surface area contributed by atoms with Gasteiger partial charge in [0.05, 0.1) is 58.7 Å². The molecule has 1 atom stereocenters. The van der Waals surface area contributed by atoms with Crippen LogP contribution in [0.4, 0.5) is 5.69 Å². The highest BCUT2D eigenvalue weighted by Crippen LogP contribution is 2.32. The van der Waals surface area contributed by atoms with E-state index in [9.17, 15) is 9.59 Å². The van der Waals surface area contributed by atoms with Crippen molar-refractivity contribution in [1.29, 1.82) is 0 Å². The van der Waals surface area contributed by atoms with Gasteiger partial charge in [0.25, 0.3) is 0 Å². The van der Waals surface area contributed by atoms with Gasteiger partial charge in [0.2, 0.25) is 11.8 Å². The fourth-order valence-electron chi connectivity index (χ4n) is 5.23. The highest BCUT2D eigenvalue weighted by Gasteiger charge is 2.41. The number of carbonyl (C=O) groups excluding carboxylic acids is 2. The molecule has 11 heteroatoms. The Balaban J connectivity index is 1.18. The molecule has 0 radical (unpaired) electrons. The van der Waals surface area contributed by atoms with E-state index >= 15 is 0 Å². The zero-order valence-electron chi connectivity index (χ0n) is 25.0. The lowest BCUT2D eigenvalue weighted by atomic mass is 10.1. The molecule has 11 nitrogen and oxygen atoms in total. The molecule has 1 saturated heterocycles. The molecule has 2 aromatic carbocycles. The van der Waals surface area contributed by atoms with E-state index in [4.69, 9.17) is 18.9 Å². The van der Waals surface area contributed by atoms with Crippen LogP contribution in [0.3, 0.4) is 0 Å². The van der Waals surface area contributed by atoms with Crippen molar-refractivity contribution >= 4 is 17.5 Å². The zero-order valence-corrected chi connectivity index (χ0v) is 25.0. The van der Waals surface area contributed by atoms with Crippen LogP contribution in [-0.2, 0) is 27.5 Å². The van der Waals surface area contributed by atoms with Crippen molar-refractivity contribution < 1.29 is 28.5 Å². The molecule has 0 bridgehead atoms. The van der Waals surface area contributed by atoms with Crippen molar-refractivity contribution in [3.8, 4) is 17.5 Å². The van der Waals surface area contributed by atoms with Crippen LogP contribution >= 0.6 is 0 Å². The molecule has 1 N–H and O–H groups in total. The predicted molar refractivity (Wildman–Crippen MR) is 160 cm³/mol. The summed E-state index contributed by atoms with van der Waals surface area (Å²) >= 11 is 0. The fourth-order valence-corrected chi connectivity index (χ4v) is 5.23. The smallest absolute Gasteiger partial charge is 0.316 e. The Bertz CT molecular complexity index is 1400. The molecule has 2 heterocycles. The molecule has 1 aromatic heterocycles. The van der Waals surface area contributed by atoms with E-state index < -0.39 is 6.04 Å². The third-order valence-corrected chi connectivity index (χ3v) is 7.71. The van der Waals surface area contributed by atoms with E-state index in [1.165, 1.54) is 17.3 Å². The van der Waals surface area contributed by atoms with Crippen LogP contribution in [0, 0.1) is 6.92 Å². The molecule has 2 aliphatic rings. The van der Waals surface area contributed by atoms with Crippen LogP contribution in [0.25, 0.3) is 0 Å². The Morgan fingerprint density at radius 1 is 1.00 bits per heavy atom. The van der Waals surface area contributed by atoms with Gasteiger partial charge < -0.3 is 29.2 Å². The number of hydrogen-bond donors (Lipinski definition) is 1. The first-order chi connectivity index (χ1) is 21.0. The van der Waals surface area contributed by atoms with Crippen LogP contribution in [-0.4, -0.2) is 79.3 Å². The van der Waals surface area contributed by atoms with Crippen molar-refractivity contribution in [3.05, 3.63) is 71.5 Å². The number of benzene rings is 2. The van der Waals surface area contributed by atoms with Crippen molar-refractivity contribution in [3.63, 3.8) is 0 Å². The molecule has 228 valence electrons. The van der Waals surface area contributed by atoms with E-state index in [0.717, 1.165) is 41.0 Å². The molecule has 3 aromatic rings. The number of rotatable bonds is 14. The second-order valence-corrected chi connectivity index (χ2v) is 10.6. The van der Waals surface area contributed by atoms with Crippen molar-refractivity contribution in [2.24, 2.45) is 0 Å². The summed E-state index contributed by atoms with van der Waals surface area (Å²) in [7, 11) is 3.28. The summed E-state index contributed by atoms with van der Waals surface area (Å²) in [4.78, 5) is 39.1. The number of hydrogen-bond acceptors (Lipinski definition) is 9. The lowest BCUT2D eigenvalue weighted by molar-refractivity contribution is -0.136. The van der Waals surface area contributed by atoms with Crippen molar-refractivity contribution in [2.45, 2.75) is 51.4 Å². The maximum atomic E-state index is 14.0. The highest BCUT2D eigenvalue weighted by molar-refractivity contribution is 6.02. The van der Waals surface area contributed by atoms with E-state index in [1.807, 2.05) is 54.3 Å². The molecular formula is C32H39N5O6. The van der Waals surface area contributed by atoms with Gasteiger partial charge in [0.15, 0.2) is 0 Å². The summed E-state index contributed by atoms with van der Waals surface area (Å²) in [5.74, 6) is 1.28. The third kappa shape index (κ3) is 7.41. The Kier molecular flexibility index (Phi) is 10.1. The molecule has 0 spiro atoms. The highest BCUT2D eigenvalue weighted by atomic mass is 16.5. The number of para-hydroxylation sites is 1. The largest absolute Gasteiger partial charge is 0.496 e. The maximum absolute atomic E-state index is 14.0. The molecule has 0 unspecified atom stereocenters. The summed E-state index contributed by atoms with van der Waals surface area (Å²) in [5.41, 5.74) is 3.48. The Labute approximate surface area is 252 Å². The number of nitrogens with one attached hydrogen (secondary N) is 1. The molecule has 2 fully saturated rings. The van der Waals surface area contributed by atoms with Crippen LogP contribution in [0.5, 0.6) is 17.5 Å². The Morgan fingerprint density at radius 2 is 1.72 bits per heavy atom. The number of anilines is 1. The lowest BCUT2D eigenvalue weighted by Gasteiger charge is -2.38. The van der Waals surface area contributed by atoms with E-state index in [-0.39, 0.29) is 30.4 Å². The minimum atomic E-state index is -0.705. The monoisotopic (exact) mass is 589 g/mol. The van der Waals surface area contributed by atoms with Gasteiger partial charge in [-0.15, -0.1) is 0 Å². The van der Waals surface area contributed by atoms with Gasteiger partial charge in [-0.2, -0.15) is 0 Å². The van der Waals surface area contributed by atoms with Gasteiger partial charge in [-0.3, -0.25) is 14.5 Å². The molecule has 43 heavy (non-hydrogen) atoms. The molecule has 2 amide bonds. The number of methoxy groups -OCH3 is 2. The summed E-state index contributed by atoms with van der Waals surface area (Å²) < 4.78 is 22.3. The lowest BCUT2D eigenvalue weighted by Crippen LogP contribution is -2.61. The van der Waals surface area contributed by atoms with Crippen molar-refractivity contribution in [2.75, 3.05) is 45.4 Å². The van der Waals surface area contributed by atoms with E-state index in [2.05, 4.69) is 15.3 Å². The number of amides is 2. The van der Waals surface area contributed by atoms with Gasteiger partial charge in [-0.25, -0.2) is 9.97 Å². The summed E-state index contributed by atoms with van der Waals surface area (Å²) in [6.07, 6.45) is 5.62. The van der Waals surface area contributed by atoms with Crippen molar-refractivity contribution in [1.82, 2.24) is 20.2 Å². The molecule has 1 aliphatic carbocycles. The normalized spacial score (nSPS) is 16.6. The Hall–Kier alpha value is -4.22. The number of aromatic nitrogens is 2.